The smallest absolute Gasteiger partial charge is 0.129 e. The Bertz CT molecular complexity index is 335. The molecule has 1 aliphatic rings. The summed E-state index contributed by atoms with van der Waals surface area (Å²) in [5.74, 6) is 0.782. The maximum Gasteiger partial charge on any atom is 0.129 e. The first-order chi connectivity index (χ1) is 9.25. The molecular formula is C14H23NO4. The van der Waals surface area contributed by atoms with E-state index in [1.54, 1.807) is 6.26 Å². The van der Waals surface area contributed by atoms with Gasteiger partial charge in [-0.3, -0.25) is 0 Å². The molecule has 1 aromatic rings. The van der Waals surface area contributed by atoms with E-state index in [2.05, 4.69) is 4.90 Å². The Morgan fingerprint density at radius 1 is 1.47 bits per heavy atom. The van der Waals surface area contributed by atoms with Crippen molar-refractivity contribution in [3.8, 4) is 0 Å². The Morgan fingerprint density at radius 2 is 2.26 bits per heavy atom. The van der Waals surface area contributed by atoms with Crippen molar-refractivity contribution < 1.29 is 19.0 Å². The molecule has 2 rings (SSSR count). The summed E-state index contributed by atoms with van der Waals surface area (Å²) in [5, 5.41) is 9.95. The Kier molecular flexibility index (Phi) is 5.85. The quantitative estimate of drug-likeness (QED) is 0.808. The molecule has 1 aromatic heterocycles. The molecule has 0 radical (unpaired) electrons. The summed E-state index contributed by atoms with van der Waals surface area (Å²) >= 11 is 0. The third-order valence-electron chi connectivity index (χ3n) is 3.45. The molecule has 1 saturated heterocycles. The molecule has 108 valence electrons. The number of nitrogens with zero attached hydrogens (tertiary/aromatic N) is 1. The first-order valence-corrected chi connectivity index (χ1v) is 6.82. The van der Waals surface area contributed by atoms with Gasteiger partial charge < -0.3 is 23.9 Å². The highest BCUT2D eigenvalue weighted by molar-refractivity contribution is 4.96. The third-order valence-corrected chi connectivity index (χ3v) is 3.45. The van der Waals surface area contributed by atoms with Gasteiger partial charge in [0.05, 0.1) is 19.0 Å². The predicted octanol–water partition coefficient (Wildman–Crippen LogP) is 1.27. The standard InChI is InChI=1S/C14H23NO4/c1-15(12-4-7-17-8-5-12)9-13(16)10-18-11-14-3-2-6-19-14/h2-3,6,12-13,16H,4-5,7-11H2,1H3. The summed E-state index contributed by atoms with van der Waals surface area (Å²) in [6.45, 7) is 3.00. The fourth-order valence-electron chi connectivity index (χ4n) is 2.35. The Morgan fingerprint density at radius 3 is 2.95 bits per heavy atom. The van der Waals surface area contributed by atoms with Crippen LogP contribution >= 0.6 is 0 Å². The molecule has 0 bridgehead atoms. The van der Waals surface area contributed by atoms with Crippen molar-refractivity contribution in [1.29, 1.82) is 0 Å². The van der Waals surface area contributed by atoms with Gasteiger partial charge in [0.15, 0.2) is 0 Å². The number of likely N-dealkylation sites (N-methyl/N-ethyl adjacent to an activating group) is 1. The molecule has 5 heteroatoms. The van der Waals surface area contributed by atoms with Crippen LogP contribution in [0, 0.1) is 0 Å². The Balaban J connectivity index is 1.61. The highest BCUT2D eigenvalue weighted by atomic mass is 16.5. The molecule has 19 heavy (non-hydrogen) atoms. The number of ether oxygens (including phenoxy) is 2. The molecule has 2 heterocycles. The number of hydrogen-bond acceptors (Lipinski definition) is 5. The number of hydrogen-bond donors (Lipinski definition) is 1. The number of aliphatic hydroxyl groups is 1. The zero-order chi connectivity index (χ0) is 13.5. The van der Waals surface area contributed by atoms with Crippen molar-refractivity contribution in [3.63, 3.8) is 0 Å². The van der Waals surface area contributed by atoms with E-state index in [9.17, 15) is 5.11 Å². The van der Waals surface area contributed by atoms with Gasteiger partial charge in [-0.1, -0.05) is 0 Å². The molecule has 0 aliphatic carbocycles. The van der Waals surface area contributed by atoms with Crippen molar-refractivity contribution in [2.24, 2.45) is 0 Å². The molecule has 1 fully saturated rings. The van der Waals surface area contributed by atoms with E-state index in [1.807, 2.05) is 19.2 Å². The van der Waals surface area contributed by atoms with Gasteiger partial charge in [0.25, 0.3) is 0 Å². The lowest BCUT2D eigenvalue weighted by Gasteiger charge is -2.32. The van der Waals surface area contributed by atoms with Crippen LogP contribution in [0.2, 0.25) is 0 Å². The first-order valence-electron chi connectivity index (χ1n) is 6.82. The number of aliphatic hydroxyl groups excluding tert-OH is 1. The molecule has 0 aromatic carbocycles. The van der Waals surface area contributed by atoms with Crippen molar-refractivity contribution in [3.05, 3.63) is 24.2 Å². The van der Waals surface area contributed by atoms with Crippen molar-refractivity contribution in [1.82, 2.24) is 4.90 Å². The molecule has 1 N–H and O–H groups in total. The van der Waals surface area contributed by atoms with Crippen LogP contribution in [0.25, 0.3) is 0 Å². The second kappa shape index (κ2) is 7.65. The summed E-state index contributed by atoms with van der Waals surface area (Å²) in [7, 11) is 2.05. The summed E-state index contributed by atoms with van der Waals surface area (Å²) in [5.41, 5.74) is 0. The molecule has 0 spiro atoms. The van der Waals surface area contributed by atoms with Crippen LogP contribution in [0.4, 0.5) is 0 Å². The summed E-state index contributed by atoms with van der Waals surface area (Å²) in [4.78, 5) is 2.20. The van der Waals surface area contributed by atoms with Gasteiger partial charge in [-0.05, 0) is 32.0 Å². The van der Waals surface area contributed by atoms with Gasteiger partial charge in [0, 0.05) is 25.8 Å². The summed E-state index contributed by atoms with van der Waals surface area (Å²) < 4.78 is 15.9. The highest BCUT2D eigenvalue weighted by Crippen LogP contribution is 2.13. The molecule has 1 aliphatic heterocycles. The van der Waals surface area contributed by atoms with Crippen LogP contribution in [-0.4, -0.2) is 55.6 Å². The lowest BCUT2D eigenvalue weighted by Crippen LogP contribution is -2.41. The minimum absolute atomic E-state index is 0.328. The van der Waals surface area contributed by atoms with E-state index < -0.39 is 6.10 Å². The minimum Gasteiger partial charge on any atom is -0.467 e. The number of rotatable bonds is 7. The van der Waals surface area contributed by atoms with E-state index in [-0.39, 0.29) is 0 Å². The van der Waals surface area contributed by atoms with Crippen LogP contribution < -0.4 is 0 Å². The zero-order valence-corrected chi connectivity index (χ0v) is 11.5. The SMILES string of the molecule is CN(CC(O)COCc1ccco1)C1CCOCC1. The Labute approximate surface area is 114 Å². The average Bonchev–Trinajstić information content (AvgIpc) is 2.93. The van der Waals surface area contributed by atoms with Gasteiger partial charge in [-0.25, -0.2) is 0 Å². The largest absolute Gasteiger partial charge is 0.467 e. The maximum absolute atomic E-state index is 9.95. The maximum atomic E-state index is 9.95. The van der Waals surface area contributed by atoms with Crippen LogP contribution in [0.15, 0.2) is 22.8 Å². The molecule has 0 saturated carbocycles. The fraction of sp³-hybridized carbons (Fsp3) is 0.714. The predicted molar refractivity (Wildman–Crippen MR) is 70.8 cm³/mol. The monoisotopic (exact) mass is 269 g/mol. The van der Waals surface area contributed by atoms with Gasteiger partial charge in [0.1, 0.15) is 12.4 Å². The van der Waals surface area contributed by atoms with Crippen LogP contribution in [0.3, 0.4) is 0 Å². The topological polar surface area (TPSA) is 55.1 Å². The fourth-order valence-corrected chi connectivity index (χ4v) is 2.35. The molecule has 1 unspecified atom stereocenters. The lowest BCUT2D eigenvalue weighted by atomic mass is 10.1. The van der Waals surface area contributed by atoms with Crippen LogP contribution in [0.1, 0.15) is 18.6 Å². The molecule has 0 amide bonds. The summed E-state index contributed by atoms with van der Waals surface area (Å²) in [6, 6.07) is 4.20. The van der Waals surface area contributed by atoms with E-state index in [1.165, 1.54) is 0 Å². The second-order valence-corrected chi connectivity index (χ2v) is 5.03. The van der Waals surface area contributed by atoms with Gasteiger partial charge in [0.2, 0.25) is 0 Å². The molecule has 5 nitrogen and oxygen atoms in total. The highest BCUT2D eigenvalue weighted by Gasteiger charge is 2.20. The lowest BCUT2D eigenvalue weighted by molar-refractivity contribution is -0.0119. The summed E-state index contributed by atoms with van der Waals surface area (Å²) in [6.07, 6.45) is 3.23. The average molecular weight is 269 g/mol. The van der Waals surface area contributed by atoms with E-state index in [4.69, 9.17) is 13.9 Å². The normalized spacial score (nSPS) is 18.9. The van der Waals surface area contributed by atoms with Crippen LogP contribution in [-0.2, 0) is 16.1 Å². The van der Waals surface area contributed by atoms with E-state index >= 15 is 0 Å². The molecular weight excluding hydrogens is 246 g/mol. The third kappa shape index (κ3) is 4.95. The Hall–Kier alpha value is -0.880. The van der Waals surface area contributed by atoms with Gasteiger partial charge in [-0.2, -0.15) is 0 Å². The van der Waals surface area contributed by atoms with E-state index in [0.717, 1.165) is 31.8 Å². The molecule has 1 atom stereocenters. The van der Waals surface area contributed by atoms with Crippen molar-refractivity contribution >= 4 is 0 Å². The second-order valence-electron chi connectivity index (χ2n) is 5.03. The van der Waals surface area contributed by atoms with Gasteiger partial charge in [-0.15, -0.1) is 0 Å². The number of furan rings is 1. The zero-order valence-electron chi connectivity index (χ0n) is 11.5. The first kappa shape index (κ1) is 14.5. The van der Waals surface area contributed by atoms with E-state index in [0.29, 0.717) is 25.8 Å². The van der Waals surface area contributed by atoms with Gasteiger partial charge >= 0.3 is 0 Å². The minimum atomic E-state index is -0.470. The van der Waals surface area contributed by atoms with Crippen molar-refractivity contribution in [2.45, 2.75) is 31.6 Å². The van der Waals surface area contributed by atoms with Crippen LogP contribution in [0.5, 0.6) is 0 Å². The van der Waals surface area contributed by atoms with Crippen molar-refractivity contribution in [2.75, 3.05) is 33.4 Å².